The van der Waals surface area contributed by atoms with Crippen LogP contribution in [0.25, 0.3) is 0 Å². The molecule has 1 fully saturated rings. The Bertz CT molecular complexity index is 429. The molecule has 86 valence electrons. The van der Waals surface area contributed by atoms with E-state index in [-0.39, 0.29) is 17.0 Å². The summed E-state index contributed by atoms with van der Waals surface area (Å²) in [5, 5.41) is 1.78. The Labute approximate surface area is 97.3 Å². The molecule has 5 nitrogen and oxygen atoms in total. The van der Waals surface area contributed by atoms with Gasteiger partial charge in [-0.05, 0) is 19.8 Å². The second kappa shape index (κ2) is 4.21. The number of amides is 2. The van der Waals surface area contributed by atoms with Gasteiger partial charge in [-0.1, -0.05) is 0 Å². The maximum Gasteiger partial charge on any atom is 0.277 e. The summed E-state index contributed by atoms with van der Waals surface area (Å²) in [4.78, 5) is 28.6. The molecular formula is C10H13N3O2S. The molecule has 1 aromatic rings. The second-order valence-electron chi connectivity index (χ2n) is 3.89. The topological polar surface area (TPSA) is 76.3 Å². The molecule has 1 aliphatic rings. The third kappa shape index (κ3) is 1.92. The lowest BCUT2D eigenvalue weighted by Gasteiger charge is -2.19. The van der Waals surface area contributed by atoms with E-state index in [1.807, 2.05) is 6.92 Å². The van der Waals surface area contributed by atoms with E-state index in [1.54, 1.807) is 10.3 Å². The third-order valence-corrected chi connectivity index (χ3v) is 3.60. The number of likely N-dealkylation sites (tertiary alicyclic amines) is 1. The van der Waals surface area contributed by atoms with E-state index in [0.29, 0.717) is 5.69 Å². The predicted octanol–water partition coefficient (Wildman–Crippen LogP) is 0.867. The number of primary amides is 1. The summed E-state index contributed by atoms with van der Waals surface area (Å²) in [5.41, 5.74) is 5.42. The van der Waals surface area contributed by atoms with Crippen LogP contribution in [0.15, 0.2) is 5.38 Å². The Kier molecular flexibility index (Phi) is 2.91. The largest absolute Gasteiger partial charge is 0.364 e. The van der Waals surface area contributed by atoms with Crippen LogP contribution in [0.5, 0.6) is 0 Å². The standard InChI is InChI=1S/C10H13N3O2S/c1-6-3-2-4-13(6)10(15)7-5-16-9(12-7)8(11)14/h5-6H,2-4H2,1H3,(H2,11,14). The molecule has 0 aromatic carbocycles. The highest BCUT2D eigenvalue weighted by molar-refractivity contribution is 7.11. The number of carbonyl (C=O) groups is 2. The fraction of sp³-hybridized carbons (Fsp3) is 0.500. The zero-order chi connectivity index (χ0) is 11.7. The molecule has 0 aliphatic carbocycles. The number of thiazole rings is 1. The van der Waals surface area contributed by atoms with Crippen LogP contribution in [0.4, 0.5) is 0 Å². The SMILES string of the molecule is CC1CCCN1C(=O)c1csc(C(N)=O)n1. The van der Waals surface area contributed by atoms with Crippen molar-refractivity contribution < 1.29 is 9.59 Å². The number of nitrogens with zero attached hydrogens (tertiary/aromatic N) is 2. The van der Waals surface area contributed by atoms with Gasteiger partial charge >= 0.3 is 0 Å². The van der Waals surface area contributed by atoms with Crippen LogP contribution in [0.2, 0.25) is 0 Å². The van der Waals surface area contributed by atoms with Gasteiger partial charge in [0, 0.05) is 18.0 Å². The quantitative estimate of drug-likeness (QED) is 0.831. The maximum absolute atomic E-state index is 12.0. The van der Waals surface area contributed by atoms with Crippen LogP contribution in [-0.4, -0.2) is 34.3 Å². The van der Waals surface area contributed by atoms with E-state index >= 15 is 0 Å². The molecule has 0 bridgehead atoms. The van der Waals surface area contributed by atoms with E-state index in [4.69, 9.17) is 5.73 Å². The normalized spacial score (nSPS) is 20.1. The lowest BCUT2D eigenvalue weighted by Crippen LogP contribution is -2.33. The first kappa shape index (κ1) is 11.1. The van der Waals surface area contributed by atoms with Gasteiger partial charge in [-0.3, -0.25) is 9.59 Å². The summed E-state index contributed by atoms with van der Waals surface area (Å²) in [6, 6.07) is 0.256. The lowest BCUT2D eigenvalue weighted by molar-refractivity contribution is 0.0742. The van der Waals surface area contributed by atoms with E-state index in [0.717, 1.165) is 30.7 Å². The highest BCUT2D eigenvalue weighted by Gasteiger charge is 2.27. The Morgan fingerprint density at radius 3 is 2.88 bits per heavy atom. The molecule has 1 aliphatic heterocycles. The summed E-state index contributed by atoms with van der Waals surface area (Å²) in [6.45, 7) is 2.79. The molecule has 1 atom stereocenters. The fourth-order valence-electron chi connectivity index (χ4n) is 1.87. The van der Waals surface area contributed by atoms with Crippen LogP contribution in [0.3, 0.4) is 0 Å². The molecule has 2 amide bonds. The van der Waals surface area contributed by atoms with Crippen LogP contribution >= 0.6 is 11.3 Å². The van der Waals surface area contributed by atoms with Gasteiger partial charge in [0.1, 0.15) is 5.69 Å². The van der Waals surface area contributed by atoms with Crippen LogP contribution in [-0.2, 0) is 0 Å². The van der Waals surface area contributed by atoms with Crippen molar-refractivity contribution in [1.29, 1.82) is 0 Å². The van der Waals surface area contributed by atoms with Gasteiger partial charge in [0.2, 0.25) is 0 Å². The summed E-state index contributed by atoms with van der Waals surface area (Å²) >= 11 is 1.11. The van der Waals surface area contributed by atoms with Crippen molar-refractivity contribution in [1.82, 2.24) is 9.88 Å². The Morgan fingerprint density at radius 2 is 2.38 bits per heavy atom. The van der Waals surface area contributed by atoms with Crippen LogP contribution in [0, 0.1) is 0 Å². The number of hydrogen-bond donors (Lipinski definition) is 1. The minimum absolute atomic E-state index is 0.103. The predicted molar refractivity (Wildman–Crippen MR) is 60.4 cm³/mol. The number of carbonyl (C=O) groups excluding carboxylic acids is 2. The zero-order valence-electron chi connectivity index (χ0n) is 8.97. The van der Waals surface area contributed by atoms with Gasteiger partial charge in [0.25, 0.3) is 11.8 Å². The molecule has 1 saturated heterocycles. The molecule has 1 unspecified atom stereocenters. The van der Waals surface area contributed by atoms with Gasteiger partial charge in [-0.15, -0.1) is 11.3 Å². The van der Waals surface area contributed by atoms with E-state index in [9.17, 15) is 9.59 Å². The minimum Gasteiger partial charge on any atom is -0.364 e. The lowest BCUT2D eigenvalue weighted by atomic mass is 10.2. The van der Waals surface area contributed by atoms with Crippen LogP contribution in [0.1, 0.15) is 40.1 Å². The van der Waals surface area contributed by atoms with Crippen molar-refractivity contribution >= 4 is 23.2 Å². The van der Waals surface area contributed by atoms with Crippen LogP contribution < -0.4 is 5.73 Å². The highest BCUT2D eigenvalue weighted by atomic mass is 32.1. The number of rotatable bonds is 2. The fourth-order valence-corrected chi connectivity index (χ4v) is 2.51. The van der Waals surface area contributed by atoms with Crippen molar-refractivity contribution in [3.05, 3.63) is 16.1 Å². The van der Waals surface area contributed by atoms with Crippen molar-refractivity contribution in [2.45, 2.75) is 25.8 Å². The van der Waals surface area contributed by atoms with Gasteiger partial charge in [0.05, 0.1) is 0 Å². The van der Waals surface area contributed by atoms with Crippen molar-refractivity contribution in [3.8, 4) is 0 Å². The van der Waals surface area contributed by atoms with Gasteiger partial charge in [-0.25, -0.2) is 4.98 Å². The summed E-state index contributed by atoms with van der Waals surface area (Å²) < 4.78 is 0. The molecule has 0 radical (unpaired) electrons. The first-order chi connectivity index (χ1) is 7.59. The van der Waals surface area contributed by atoms with Crippen molar-refractivity contribution in [2.24, 2.45) is 5.73 Å². The first-order valence-electron chi connectivity index (χ1n) is 5.16. The highest BCUT2D eigenvalue weighted by Crippen LogP contribution is 2.20. The minimum atomic E-state index is -0.585. The van der Waals surface area contributed by atoms with E-state index in [1.165, 1.54) is 0 Å². The average Bonchev–Trinajstić information content (AvgIpc) is 2.84. The number of aromatic nitrogens is 1. The van der Waals surface area contributed by atoms with Gasteiger partial charge in [-0.2, -0.15) is 0 Å². The molecule has 6 heteroatoms. The molecule has 0 saturated carbocycles. The Balaban J connectivity index is 2.17. The molecule has 16 heavy (non-hydrogen) atoms. The van der Waals surface area contributed by atoms with Crippen molar-refractivity contribution in [2.75, 3.05) is 6.54 Å². The second-order valence-corrected chi connectivity index (χ2v) is 4.75. The third-order valence-electron chi connectivity index (χ3n) is 2.75. The maximum atomic E-state index is 12.0. The van der Waals surface area contributed by atoms with E-state index < -0.39 is 5.91 Å². The summed E-state index contributed by atoms with van der Waals surface area (Å²) in [5.74, 6) is -0.688. The summed E-state index contributed by atoms with van der Waals surface area (Å²) in [7, 11) is 0. The zero-order valence-corrected chi connectivity index (χ0v) is 9.79. The van der Waals surface area contributed by atoms with Gasteiger partial charge < -0.3 is 10.6 Å². The monoisotopic (exact) mass is 239 g/mol. The molecule has 1 aromatic heterocycles. The molecule has 0 spiro atoms. The smallest absolute Gasteiger partial charge is 0.277 e. The van der Waals surface area contributed by atoms with Crippen molar-refractivity contribution in [3.63, 3.8) is 0 Å². The number of nitrogens with two attached hydrogens (primary N) is 1. The molecule has 2 rings (SSSR count). The Hall–Kier alpha value is -1.43. The number of hydrogen-bond acceptors (Lipinski definition) is 4. The summed E-state index contributed by atoms with van der Waals surface area (Å²) in [6.07, 6.45) is 2.05. The Morgan fingerprint density at radius 1 is 1.62 bits per heavy atom. The first-order valence-corrected chi connectivity index (χ1v) is 6.04. The molecule has 2 heterocycles. The van der Waals surface area contributed by atoms with E-state index in [2.05, 4.69) is 4.98 Å². The van der Waals surface area contributed by atoms with Gasteiger partial charge in [0.15, 0.2) is 5.01 Å². The molecule has 2 N–H and O–H groups in total. The molecular weight excluding hydrogens is 226 g/mol. The average molecular weight is 239 g/mol.